The fourth-order valence-electron chi connectivity index (χ4n) is 2.23. The van der Waals surface area contributed by atoms with Crippen molar-refractivity contribution in [3.05, 3.63) is 64.2 Å². The van der Waals surface area contributed by atoms with Crippen LogP contribution in [0.2, 0.25) is 5.02 Å². The second kappa shape index (κ2) is 6.19. The molecule has 1 N–H and O–H groups in total. The highest BCUT2D eigenvalue weighted by atomic mass is 35.5. The van der Waals surface area contributed by atoms with Crippen molar-refractivity contribution in [3.63, 3.8) is 0 Å². The van der Waals surface area contributed by atoms with E-state index >= 15 is 0 Å². The molecule has 0 saturated heterocycles. The van der Waals surface area contributed by atoms with Gasteiger partial charge in [0.05, 0.1) is 16.6 Å². The van der Waals surface area contributed by atoms with Gasteiger partial charge >= 0.3 is 0 Å². The van der Waals surface area contributed by atoms with E-state index in [2.05, 4.69) is 0 Å². The molecule has 0 fully saturated rings. The molecule has 21 heavy (non-hydrogen) atoms. The second-order valence-electron chi connectivity index (χ2n) is 5.09. The van der Waals surface area contributed by atoms with Crippen molar-refractivity contribution >= 4 is 17.5 Å². The summed E-state index contributed by atoms with van der Waals surface area (Å²) in [6.07, 6.45) is 0. The number of aryl methyl sites for hydroxylation is 1. The Kier molecular flexibility index (Phi) is 4.53. The van der Waals surface area contributed by atoms with Crippen molar-refractivity contribution in [1.82, 2.24) is 4.90 Å². The highest BCUT2D eigenvalue weighted by Crippen LogP contribution is 2.29. The highest BCUT2D eigenvalue weighted by Gasteiger charge is 2.22. The minimum atomic E-state index is -0.254. The number of aromatic hydroxyl groups is 1. The predicted molar refractivity (Wildman–Crippen MR) is 84.8 cm³/mol. The van der Waals surface area contributed by atoms with Crippen LogP contribution >= 0.6 is 11.6 Å². The van der Waals surface area contributed by atoms with E-state index < -0.39 is 0 Å². The van der Waals surface area contributed by atoms with Gasteiger partial charge in [0.2, 0.25) is 0 Å². The minimum Gasteiger partial charge on any atom is -0.508 e. The van der Waals surface area contributed by atoms with E-state index in [9.17, 15) is 9.90 Å². The SMILES string of the molecule is Cc1cccc(C(=O)N(C)C(C)c2ccccc2O)c1Cl. The van der Waals surface area contributed by atoms with E-state index in [1.54, 1.807) is 30.1 Å². The molecule has 0 spiro atoms. The number of halogens is 1. The smallest absolute Gasteiger partial charge is 0.255 e. The van der Waals surface area contributed by atoms with Crippen LogP contribution in [0, 0.1) is 6.92 Å². The molecule has 0 aliphatic heterocycles. The molecule has 0 heterocycles. The van der Waals surface area contributed by atoms with Gasteiger partial charge in [0.15, 0.2) is 0 Å². The summed E-state index contributed by atoms with van der Waals surface area (Å²) >= 11 is 6.22. The van der Waals surface area contributed by atoms with Crippen molar-refractivity contribution in [2.24, 2.45) is 0 Å². The summed E-state index contributed by atoms with van der Waals surface area (Å²) in [4.78, 5) is 14.2. The summed E-state index contributed by atoms with van der Waals surface area (Å²) in [5, 5.41) is 10.4. The topological polar surface area (TPSA) is 40.5 Å². The molecule has 0 saturated carbocycles. The molecule has 3 nitrogen and oxygen atoms in total. The number of amides is 1. The van der Waals surface area contributed by atoms with Gasteiger partial charge in [-0.05, 0) is 31.5 Å². The van der Waals surface area contributed by atoms with Gasteiger partial charge in [-0.2, -0.15) is 0 Å². The fraction of sp³-hybridized carbons (Fsp3) is 0.235. The van der Waals surface area contributed by atoms with Gasteiger partial charge in [0.1, 0.15) is 5.75 Å². The first-order valence-corrected chi connectivity index (χ1v) is 7.11. The van der Waals surface area contributed by atoms with Crippen LogP contribution in [0.15, 0.2) is 42.5 Å². The van der Waals surface area contributed by atoms with Crippen LogP contribution < -0.4 is 0 Å². The molecule has 0 aromatic heterocycles. The lowest BCUT2D eigenvalue weighted by molar-refractivity contribution is 0.0741. The number of hydrogen-bond donors (Lipinski definition) is 1. The molecule has 1 atom stereocenters. The number of hydrogen-bond acceptors (Lipinski definition) is 2. The average molecular weight is 304 g/mol. The Morgan fingerprint density at radius 2 is 1.86 bits per heavy atom. The molecule has 2 aromatic rings. The summed E-state index contributed by atoms with van der Waals surface area (Å²) in [5.41, 5.74) is 2.05. The first-order chi connectivity index (χ1) is 9.93. The fourth-order valence-corrected chi connectivity index (χ4v) is 2.43. The van der Waals surface area contributed by atoms with Crippen LogP contribution in [0.5, 0.6) is 5.75 Å². The molecule has 2 rings (SSSR count). The number of phenols is 1. The monoisotopic (exact) mass is 303 g/mol. The van der Waals surface area contributed by atoms with E-state index in [1.165, 1.54) is 0 Å². The number of benzene rings is 2. The zero-order chi connectivity index (χ0) is 15.6. The molecule has 1 unspecified atom stereocenters. The molecule has 4 heteroatoms. The summed E-state index contributed by atoms with van der Waals surface area (Å²) in [5.74, 6) is 0.0134. The van der Waals surface area contributed by atoms with Crippen LogP contribution in [0.4, 0.5) is 0 Å². The minimum absolute atomic E-state index is 0.167. The van der Waals surface area contributed by atoms with Crippen LogP contribution in [0.1, 0.15) is 34.5 Å². The Morgan fingerprint density at radius 1 is 1.19 bits per heavy atom. The first-order valence-electron chi connectivity index (χ1n) is 6.73. The number of nitrogens with zero attached hydrogens (tertiary/aromatic N) is 1. The van der Waals surface area contributed by atoms with E-state index in [4.69, 9.17) is 11.6 Å². The lowest BCUT2D eigenvalue weighted by atomic mass is 10.0. The standard InChI is InChI=1S/C17H18ClNO2/c1-11-7-6-9-14(16(11)18)17(21)19(3)12(2)13-8-4-5-10-15(13)20/h4-10,12,20H,1-3H3. The van der Waals surface area contributed by atoms with Crippen LogP contribution in [-0.4, -0.2) is 23.0 Å². The predicted octanol–water partition coefficient (Wildman–Crippen LogP) is 4.19. The maximum absolute atomic E-state index is 12.6. The van der Waals surface area contributed by atoms with Crippen molar-refractivity contribution in [2.45, 2.75) is 19.9 Å². The Hall–Kier alpha value is -2.00. The molecule has 0 aliphatic rings. The Labute approximate surface area is 129 Å². The molecule has 0 bridgehead atoms. The Bertz CT molecular complexity index is 670. The maximum Gasteiger partial charge on any atom is 0.255 e. The quantitative estimate of drug-likeness (QED) is 0.923. The third-order valence-electron chi connectivity index (χ3n) is 3.71. The molecule has 0 aliphatic carbocycles. The second-order valence-corrected chi connectivity index (χ2v) is 5.47. The van der Waals surface area contributed by atoms with E-state index in [0.717, 1.165) is 5.56 Å². The molecular formula is C17H18ClNO2. The zero-order valence-corrected chi connectivity index (χ0v) is 13.1. The average Bonchev–Trinajstić information content (AvgIpc) is 2.48. The van der Waals surface area contributed by atoms with E-state index in [1.807, 2.05) is 38.1 Å². The van der Waals surface area contributed by atoms with Crippen molar-refractivity contribution in [1.29, 1.82) is 0 Å². The van der Waals surface area contributed by atoms with Gasteiger partial charge < -0.3 is 10.0 Å². The molecular weight excluding hydrogens is 286 g/mol. The number of para-hydroxylation sites is 1. The summed E-state index contributed by atoms with van der Waals surface area (Å²) < 4.78 is 0. The van der Waals surface area contributed by atoms with Crippen molar-refractivity contribution in [2.75, 3.05) is 7.05 Å². The number of carbonyl (C=O) groups excluding carboxylic acids is 1. The maximum atomic E-state index is 12.6. The zero-order valence-electron chi connectivity index (χ0n) is 12.3. The van der Waals surface area contributed by atoms with Crippen molar-refractivity contribution in [3.8, 4) is 5.75 Å². The molecule has 110 valence electrons. The number of phenolic OH excluding ortho intramolecular Hbond substituents is 1. The van der Waals surface area contributed by atoms with Crippen LogP contribution in [-0.2, 0) is 0 Å². The Balaban J connectivity index is 2.31. The van der Waals surface area contributed by atoms with E-state index in [0.29, 0.717) is 16.1 Å². The third kappa shape index (κ3) is 3.03. The summed E-state index contributed by atoms with van der Waals surface area (Å²) in [6, 6.07) is 12.2. The van der Waals surface area contributed by atoms with Gasteiger partial charge in [-0.15, -0.1) is 0 Å². The largest absolute Gasteiger partial charge is 0.508 e. The van der Waals surface area contributed by atoms with Gasteiger partial charge in [0.25, 0.3) is 5.91 Å². The van der Waals surface area contributed by atoms with Crippen molar-refractivity contribution < 1.29 is 9.90 Å². The van der Waals surface area contributed by atoms with E-state index in [-0.39, 0.29) is 17.7 Å². The normalized spacial score (nSPS) is 12.0. The van der Waals surface area contributed by atoms with Gasteiger partial charge in [0, 0.05) is 12.6 Å². The Morgan fingerprint density at radius 3 is 2.52 bits per heavy atom. The molecule has 1 amide bonds. The summed E-state index contributed by atoms with van der Waals surface area (Å²) in [7, 11) is 1.71. The third-order valence-corrected chi connectivity index (χ3v) is 4.21. The van der Waals surface area contributed by atoms with Gasteiger partial charge in [-0.3, -0.25) is 4.79 Å². The number of carbonyl (C=O) groups is 1. The summed E-state index contributed by atoms with van der Waals surface area (Å²) in [6.45, 7) is 3.74. The number of rotatable bonds is 3. The van der Waals surface area contributed by atoms with Gasteiger partial charge in [-0.1, -0.05) is 41.9 Å². The lowest BCUT2D eigenvalue weighted by Gasteiger charge is -2.26. The molecule has 2 aromatic carbocycles. The van der Waals surface area contributed by atoms with Gasteiger partial charge in [-0.25, -0.2) is 0 Å². The van der Waals surface area contributed by atoms with Crippen LogP contribution in [0.3, 0.4) is 0 Å². The van der Waals surface area contributed by atoms with Crippen LogP contribution in [0.25, 0.3) is 0 Å². The highest BCUT2D eigenvalue weighted by molar-refractivity contribution is 6.34. The molecule has 0 radical (unpaired) electrons. The first kappa shape index (κ1) is 15.4. The lowest BCUT2D eigenvalue weighted by Crippen LogP contribution is -2.30.